The standard InChI is InChI=1S/C31H30BrF5N4O3S/c1-4-24(42)39-12-17(3)40(13-16(39)2)28-19-9-20(31(35,36)37)25(18-10-21(32)23(34)11-22(18)33)27-26(19)41(29(43)38-28)14-30(15-45-27)5-7-44-8-6-30/h4,9-11,16-17H,1,5-8,12-15H2,2-3H3/t16-,17+/m1/s1. The number of anilines is 1. The van der Waals surface area contributed by atoms with E-state index in [1.807, 2.05) is 13.8 Å². The average molecular weight is 714 g/mol. The van der Waals surface area contributed by atoms with Crippen LogP contribution in [-0.2, 0) is 22.3 Å². The summed E-state index contributed by atoms with van der Waals surface area (Å²) in [5.41, 5.74) is -2.88. The molecular formula is C31H30BrF5N4O3S. The maximum absolute atomic E-state index is 15.5. The third kappa shape index (κ3) is 5.56. The van der Waals surface area contributed by atoms with Gasteiger partial charge < -0.3 is 14.5 Å². The predicted octanol–water partition coefficient (Wildman–Crippen LogP) is 6.64. The number of hydrogen-bond acceptors (Lipinski definition) is 6. The maximum atomic E-state index is 15.5. The zero-order chi connectivity index (χ0) is 32.4. The highest BCUT2D eigenvalue weighted by atomic mass is 79.9. The number of aromatic nitrogens is 2. The van der Waals surface area contributed by atoms with Crippen molar-refractivity contribution in [1.29, 1.82) is 0 Å². The Morgan fingerprint density at radius 1 is 1.13 bits per heavy atom. The molecule has 1 amide bonds. The molecule has 0 radical (unpaired) electrons. The van der Waals surface area contributed by atoms with E-state index in [4.69, 9.17) is 4.74 Å². The normalized spacial score (nSPS) is 21.7. The molecule has 6 rings (SSSR count). The summed E-state index contributed by atoms with van der Waals surface area (Å²) in [6.45, 7) is 8.69. The minimum Gasteiger partial charge on any atom is -0.381 e. The number of carbonyl (C=O) groups is 1. The van der Waals surface area contributed by atoms with Gasteiger partial charge >= 0.3 is 11.9 Å². The molecule has 45 heavy (non-hydrogen) atoms. The minimum absolute atomic E-state index is 0.0684. The number of carbonyl (C=O) groups excluding carboxylic acids is 1. The van der Waals surface area contributed by atoms with E-state index >= 15 is 17.6 Å². The molecule has 2 saturated heterocycles. The van der Waals surface area contributed by atoms with Gasteiger partial charge in [-0.1, -0.05) is 6.58 Å². The number of hydrogen-bond donors (Lipinski definition) is 0. The second kappa shape index (κ2) is 11.7. The molecule has 14 heteroatoms. The molecule has 2 aromatic carbocycles. The zero-order valence-electron chi connectivity index (χ0n) is 24.5. The van der Waals surface area contributed by atoms with E-state index in [1.165, 1.54) is 10.6 Å². The van der Waals surface area contributed by atoms with Crippen LogP contribution in [0.4, 0.5) is 27.8 Å². The van der Waals surface area contributed by atoms with Gasteiger partial charge in [0.2, 0.25) is 5.91 Å². The monoisotopic (exact) mass is 712 g/mol. The first-order valence-corrected chi connectivity index (χ1v) is 16.3. The Hall–Kier alpha value is -2.97. The molecule has 240 valence electrons. The molecule has 4 heterocycles. The van der Waals surface area contributed by atoms with Gasteiger partial charge in [0.15, 0.2) is 0 Å². The third-order valence-electron chi connectivity index (χ3n) is 9.07. The van der Waals surface area contributed by atoms with Crippen LogP contribution in [0.15, 0.2) is 45.0 Å². The Morgan fingerprint density at radius 3 is 2.51 bits per heavy atom. The molecule has 0 unspecified atom stereocenters. The predicted molar refractivity (Wildman–Crippen MR) is 165 cm³/mol. The summed E-state index contributed by atoms with van der Waals surface area (Å²) in [7, 11) is 0. The molecule has 3 aromatic rings. The Kier molecular flexibility index (Phi) is 8.30. The fourth-order valence-corrected chi connectivity index (χ4v) is 8.56. The molecule has 2 atom stereocenters. The molecule has 7 nitrogen and oxygen atoms in total. The van der Waals surface area contributed by atoms with Gasteiger partial charge in [0.05, 0.1) is 15.6 Å². The van der Waals surface area contributed by atoms with Crippen LogP contribution >= 0.6 is 27.7 Å². The molecule has 0 N–H and O–H groups in total. The Balaban J connectivity index is 1.67. The van der Waals surface area contributed by atoms with E-state index in [0.717, 1.165) is 23.9 Å². The molecule has 0 saturated carbocycles. The van der Waals surface area contributed by atoms with Gasteiger partial charge in [-0.05, 0) is 60.8 Å². The van der Waals surface area contributed by atoms with Crippen LogP contribution in [0.5, 0.6) is 0 Å². The first kappa shape index (κ1) is 32.0. The average Bonchev–Trinajstić information content (AvgIpc) is 3.15. The minimum atomic E-state index is -4.94. The molecular weight excluding hydrogens is 683 g/mol. The summed E-state index contributed by atoms with van der Waals surface area (Å²) < 4.78 is 81.7. The molecule has 3 aliphatic rings. The van der Waals surface area contributed by atoms with E-state index in [1.54, 1.807) is 9.80 Å². The summed E-state index contributed by atoms with van der Waals surface area (Å²) >= 11 is 4.16. The van der Waals surface area contributed by atoms with Crippen molar-refractivity contribution in [3.63, 3.8) is 0 Å². The van der Waals surface area contributed by atoms with E-state index in [9.17, 15) is 14.0 Å². The summed E-state index contributed by atoms with van der Waals surface area (Å²) in [4.78, 5) is 34.3. The maximum Gasteiger partial charge on any atom is 0.417 e. The van der Waals surface area contributed by atoms with Crippen LogP contribution in [-0.4, -0.2) is 64.5 Å². The van der Waals surface area contributed by atoms with Crippen molar-refractivity contribution < 1.29 is 31.5 Å². The van der Waals surface area contributed by atoms with Gasteiger partial charge in [0.25, 0.3) is 0 Å². The van der Waals surface area contributed by atoms with Gasteiger partial charge in [-0.15, -0.1) is 11.8 Å². The van der Waals surface area contributed by atoms with Crippen LogP contribution in [0.3, 0.4) is 0 Å². The highest BCUT2D eigenvalue weighted by Gasteiger charge is 2.43. The van der Waals surface area contributed by atoms with Crippen molar-refractivity contribution >= 4 is 50.3 Å². The fraction of sp³-hybridized carbons (Fsp3) is 0.452. The lowest BCUT2D eigenvalue weighted by molar-refractivity contribution is -0.137. The van der Waals surface area contributed by atoms with Crippen molar-refractivity contribution in [2.45, 2.75) is 56.4 Å². The molecule has 0 bridgehead atoms. The lowest BCUT2D eigenvalue weighted by Crippen LogP contribution is -2.58. The summed E-state index contributed by atoms with van der Waals surface area (Å²) in [5.74, 6) is -1.96. The smallest absolute Gasteiger partial charge is 0.381 e. The quantitative estimate of drug-likeness (QED) is 0.173. The highest BCUT2D eigenvalue weighted by Crippen LogP contribution is 2.52. The van der Waals surface area contributed by atoms with Gasteiger partial charge in [0, 0.05) is 83.6 Å². The summed E-state index contributed by atoms with van der Waals surface area (Å²) in [6.07, 6.45) is -2.57. The number of thioether (sulfide) groups is 1. The molecule has 1 spiro atoms. The molecule has 3 aliphatic heterocycles. The third-order valence-corrected chi connectivity index (χ3v) is 11.1. The van der Waals surface area contributed by atoms with Crippen LogP contribution in [0.25, 0.3) is 22.0 Å². The summed E-state index contributed by atoms with van der Waals surface area (Å²) in [6, 6.07) is 1.74. The Labute approximate surface area is 268 Å². The van der Waals surface area contributed by atoms with E-state index in [0.29, 0.717) is 37.9 Å². The SMILES string of the molecule is C=CC(=O)N1C[C@H](C)N(c2nc(=O)n3c4c(c(-c5cc(Br)c(F)cc5F)c(C(F)(F)F)cc24)SCC2(CCOCC2)C3)C[C@H]1C. The lowest BCUT2D eigenvalue weighted by Gasteiger charge is -2.44. The molecule has 2 fully saturated rings. The number of alkyl halides is 3. The number of benzene rings is 2. The highest BCUT2D eigenvalue weighted by molar-refractivity contribution is 9.10. The van der Waals surface area contributed by atoms with Gasteiger partial charge in [0.1, 0.15) is 17.5 Å². The van der Waals surface area contributed by atoms with Gasteiger partial charge in [-0.2, -0.15) is 18.2 Å². The largest absolute Gasteiger partial charge is 0.417 e. The summed E-state index contributed by atoms with van der Waals surface area (Å²) in [5, 5.41) is 0.0985. The number of ether oxygens (including phenoxy) is 1. The first-order chi connectivity index (χ1) is 21.2. The van der Waals surface area contributed by atoms with Crippen molar-refractivity contribution in [3.8, 4) is 11.1 Å². The van der Waals surface area contributed by atoms with Crippen LogP contribution in [0.1, 0.15) is 32.3 Å². The van der Waals surface area contributed by atoms with Crippen molar-refractivity contribution in [2.75, 3.05) is 37.0 Å². The first-order valence-electron chi connectivity index (χ1n) is 14.5. The topological polar surface area (TPSA) is 67.7 Å². The Morgan fingerprint density at radius 2 is 1.84 bits per heavy atom. The van der Waals surface area contributed by atoms with Crippen LogP contribution < -0.4 is 10.6 Å². The molecule has 0 aliphatic carbocycles. The van der Waals surface area contributed by atoms with Crippen molar-refractivity contribution in [2.24, 2.45) is 5.41 Å². The lowest BCUT2D eigenvalue weighted by atomic mass is 9.82. The van der Waals surface area contributed by atoms with Crippen molar-refractivity contribution in [1.82, 2.24) is 14.5 Å². The van der Waals surface area contributed by atoms with E-state index < -0.39 is 51.6 Å². The number of rotatable bonds is 3. The number of nitrogens with zero attached hydrogens (tertiary/aromatic N) is 4. The van der Waals surface area contributed by atoms with Crippen LogP contribution in [0, 0.1) is 17.0 Å². The number of halogens is 6. The van der Waals surface area contributed by atoms with Crippen LogP contribution in [0.2, 0.25) is 0 Å². The molecule has 1 aromatic heterocycles. The second-order valence-corrected chi connectivity index (χ2v) is 13.9. The second-order valence-electron chi connectivity index (χ2n) is 12.0. The van der Waals surface area contributed by atoms with Gasteiger partial charge in [-0.3, -0.25) is 9.36 Å². The fourth-order valence-electron chi connectivity index (χ4n) is 6.66. The van der Waals surface area contributed by atoms with E-state index in [-0.39, 0.29) is 57.7 Å². The number of piperazine rings is 1. The Bertz CT molecular complexity index is 1780. The van der Waals surface area contributed by atoms with Gasteiger partial charge in [-0.25, -0.2) is 13.6 Å². The zero-order valence-corrected chi connectivity index (χ0v) is 26.9. The van der Waals surface area contributed by atoms with E-state index in [2.05, 4.69) is 27.5 Å². The van der Waals surface area contributed by atoms with Crippen molar-refractivity contribution in [3.05, 3.63) is 63.0 Å². The number of amides is 1.